The van der Waals surface area contributed by atoms with E-state index in [-0.39, 0.29) is 5.56 Å². The highest BCUT2D eigenvalue weighted by molar-refractivity contribution is 7.71. The highest BCUT2D eigenvalue weighted by Crippen LogP contribution is 2.30. The maximum Gasteiger partial charge on any atom is 0.251 e. The number of fused-ring (bicyclic) bond motifs is 1. The van der Waals surface area contributed by atoms with Gasteiger partial charge in [-0.2, -0.15) is 0 Å². The van der Waals surface area contributed by atoms with Gasteiger partial charge in [-0.25, -0.2) is 0 Å². The van der Waals surface area contributed by atoms with E-state index in [2.05, 4.69) is 4.98 Å². The second-order valence-electron chi connectivity index (χ2n) is 4.53. The lowest BCUT2D eigenvalue weighted by Crippen LogP contribution is -2.15. The van der Waals surface area contributed by atoms with E-state index in [4.69, 9.17) is 21.7 Å². The minimum absolute atomic E-state index is 0.175. The van der Waals surface area contributed by atoms with Crippen LogP contribution >= 0.6 is 12.2 Å². The van der Waals surface area contributed by atoms with Gasteiger partial charge in [0, 0.05) is 18.8 Å². The van der Waals surface area contributed by atoms with Gasteiger partial charge in [0.25, 0.3) is 5.56 Å². The molecule has 1 aliphatic rings. The number of aryl methyl sites for hydroxylation is 2. The predicted molar refractivity (Wildman–Crippen MR) is 77.0 cm³/mol. The minimum Gasteiger partial charge on any atom is -0.486 e. The van der Waals surface area contributed by atoms with E-state index in [1.807, 2.05) is 22.8 Å². The summed E-state index contributed by atoms with van der Waals surface area (Å²) in [6.07, 6.45) is 2.51. The summed E-state index contributed by atoms with van der Waals surface area (Å²) in [6, 6.07) is 7.40. The van der Waals surface area contributed by atoms with Gasteiger partial charge in [0.05, 0.1) is 0 Å². The molecule has 3 rings (SSSR count). The Bertz CT molecular complexity index is 736. The summed E-state index contributed by atoms with van der Waals surface area (Å²) in [5.41, 5.74) is 0.966. The fourth-order valence-electron chi connectivity index (χ4n) is 2.11. The summed E-state index contributed by atoms with van der Waals surface area (Å²) in [4.78, 5) is 13.7. The fourth-order valence-corrected chi connectivity index (χ4v) is 2.37. The molecule has 1 aromatic heterocycles. The zero-order valence-electron chi connectivity index (χ0n) is 10.8. The molecule has 0 spiro atoms. The van der Waals surface area contributed by atoms with Gasteiger partial charge in [-0.05, 0) is 36.3 Å². The van der Waals surface area contributed by atoms with Crippen LogP contribution in [-0.2, 0) is 13.0 Å². The SMILES string of the molecule is O=c1ccn(CCc2ccc3c(c2)OCCO3)c(=S)[nH]1. The quantitative estimate of drug-likeness (QED) is 0.878. The number of nitrogens with one attached hydrogen (secondary N) is 1. The van der Waals surface area contributed by atoms with Crippen molar-refractivity contribution in [3.05, 3.63) is 51.2 Å². The number of hydrogen-bond acceptors (Lipinski definition) is 4. The molecule has 1 N–H and O–H groups in total. The molecular formula is C14H14N2O3S. The summed E-state index contributed by atoms with van der Waals surface area (Å²) in [7, 11) is 0. The summed E-state index contributed by atoms with van der Waals surface area (Å²) in [6.45, 7) is 1.88. The predicted octanol–water partition coefficient (Wildman–Crippen LogP) is 1.92. The molecule has 1 aliphatic heterocycles. The van der Waals surface area contributed by atoms with Crippen LogP contribution in [0.2, 0.25) is 0 Å². The van der Waals surface area contributed by atoms with Gasteiger partial charge >= 0.3 is 0 Å². The van der Waals surface area contributed by atoms with Crippen molar-refractivity contribution >= 4 is 12.2 Å². The van der Waals surface area contributed by atoms with Gasteiger partial charge < -0.3 is 14.0 Å². The molecule has 104 valence electrons. The highest BCUT2D eigenvalue weighted by Gasteiger charge is 2.11. The molecule has 0 unspecified atom stereocenters. The topological polar surface area (TPSA) is 56.2 Å². The van der Waals surface area contributed by atoms with Crippen LogP contribution in [0.4, 0.5) is 0 Å². The molecule has 0 amide bonds. The van der Waals surface area contributed by atoms with Crippen LogP contribution < -0.4 is 15.0 Å². The van der Waals surface area contributed by atoms with E-state index in [1.165, 1.54) is 6.07 Å². The smallest absolute Gasteiger partial charge is 0.251 e. The van der Waals surface area contributed by atoms with Crippen LogP contribution in [0.15, 0.2) is 35.3 Å². The summed E-state index contributed by atoms with van der Waals surface area (Å²) in [5.74, 6) is 1.58. The Labute approximate surface area is 120 Å². The molecule has 6 heteroatoms. The number of ether oxygens (including phenoxy) is 2. The van der Waals surface area contributed by atoms with Crippen LogP contribution in [0.25, 0.3) is 0 Å². The molecule has 0 saturated heterocycles. The van der Waals surface area contributed by atoms with Gasteiger partial charge in [0.2, 0.25) is 0 Å². The molecule has 0 atom stereocenters. The first kappa shape index (κ1) is 12.9. The largest absolute Gasteiger partial charge is 0.486 e. The molecule has 0 aliphatic carbocycles. The Morgan fingerprint density at radius 1 is 1.20 bits per heavy atom. The monoisotopic (exact) mass is 290 g/mol. The van der Waals surface area contributed by atoms with E-state index >= 15 is 0 Å². The first-order valence-electron chi connectivity index (χ1n) is 6.41. The van der Waals surface area contributed by atoms with Gasteiger partial charge in [-0.1, -0.05) is 6.07 Å². The second-order valence-corrected chi connectivity index (χ2v) is 4.92. The Balaban J connectivity index is 1.75. The van der Waals surface area contributed by atoms with Crippen LogP contribution in [0.1, 0.15) is 5.56 Å². The number of aromatic amines is 1. The van der Waals surface area contributed by atoms with Gasteiger partial charge in [-0.15, -0.1) is 0 Å². The first-order valence-corrected chi connectivity index (χ1v) is 6.81. The zero-order valence-corrected chi connectivity index (χ0v) is 11.6. The maximum absolute atomic E-state index is 11.1. The van der Waals surface area contributed by atoms with E-state index in [1.54, 1.807) is 6.20 Å². The second kappa shape index (κ2) is 5.50. The number of aromatic nitrogens is 2. The molecule has 20 heavy (non-hydrogen) atoms. The molecule has 0 bridgehead atoms. The third kappa shape index (κ3) is 2.75. The Kier molecular flexibility index (Phi) is 3.56. The highest BCUT2D eigenvalue weighted by atomic mass is 32.1. The van der Waals surface area contributed by atoms with E-state index < -0.39 is 0 Å². The normalized spacial score (nSPS) is 13.2. The zero-order chi connectivity index (χ0) is 13.9. The number of hydrogen-bond donors (Lipinski definition) is 1. The molecule has 0 fully saturated rings. The third-order valence-electron chi connectivity index (χ3n) is 3.14. The van der Waals surface area contributed by atoms with Crippen molar-refractivity contribution < 1.29 is 9.47 Å². The molecule has 0 radical (unpaired) electrons. The lowest BCUT2D eigenvalue weighted by atomic mass is 10.1. The van der Waals surface area contributed by atoms with Crippen molar-refractivity contribution in [2.45, 2.75) is 13.0 Å². The molecule has 5 nitrogen and oxygen atoms in total. The van der Waals surface area contributed by atoms with Crippen molar-refractivity contribution in [1.82, 2.24) is 9.55 Å². The number of rotatable bonds is 3. The van der Waals surface area contributed by atoms with Crippen molar-refractivity contribution in [3.63, 3.8) is 0 Å². The Morgan fingerprint density at radius 3 is 2.80 bits per heavy atom. The van der Waals surface area contributed by atoms with Crippen LogP contribution in [0, 0.1) is 4.77 Å². The van der Waals surface area contributed by atoms with Gasteiger partial charge in [0.1, 0.15) is 13.2 Å². The molecule has 1 aromatic carbocycles. The average molecular weight is 290 g/mol. The molecule has 2 aromatic rings. The summed E-state index contributed by atoms with van der Waals surface area (Å²) >= 11 is 5.11. The minimum atomic E-state index is -0.175. The Hall–Kier alpha value is -2.08. The first-order chi connectivity index (χ1) is 9.72. The van der Waals surface area contributed by atoms with Crippen molar-refractivity contribution in [2.75, 3.05) is 13.2 Å². The van der Waals surface area contributed by atoms with Crippen molar-refractivity contribution in [1.29, 1.82) is 0 Å². The summed E-state index contributed by atoms with van der Waals surface area (Å²) < 4.78 is 13.3. The van der Waals surface area contributed by atoms with Crippen LogP contribution in [-0.4, -0.2) is 22.8 Å². The third-order valence-corrected chi connectivity index (χ3v) is 3.48. The maximum atomic E-state index is 11.1. The van der Waals surface area contributed by atoms with Crippen LogP contribution in [0.3, 0.4) is 0 Å². The van der Waals surface area contributed by atoms with E-state index in [9.17, 15) is 4.79 Å². The van der Waals surface area contributed by atoms with Crippen LogP contribution in [0.5, 0.6) is 11.5 Å². The Morgan fingerprint density at radius 2 is 2.00 bits per heavy atom. The lowest BCUT2D eigenvalue weighted by molar-refractivity contribution is 0.171. The molecular weight excluding hydrogens is 276 g/mol. The number of H-pyrrole nitrogens is 1. The van der Waals surface area contributed by atoms with Gasteiger partial charge in [0.15, 0.2) is 16.3 Å². The van der Waals surface area contributed by atoms with E-state index in [0.29, 0.717) is 24.5 Å². The number of benzene rings is 1. The number of nitrogens with zero attached hydrogens (tertiary/aromatic N) is 1. The van der Waals surface area contributed by atoms with Crippen molar-refractivity contribution in [2.24, 2.45) is 0 Å². The molecule has 2 heterocycles. The summed E-state index contributed by atoms with van der Waals surface area (Å²) in [5, 5.41) is 0. The fraction of sp³-hybridized carbons (Fsp3) is 0.286. The lowest BCUT2D eigenvalue weighted by Gasteiger charge is -2.19. The van der Waals surface area contributed by atoms with E-state index in [0.717, 1.165) is 23.5 Å². The van der Waals surface area contributed by atoms with Gasteiger partial charge in [-0.3, -0.25) is 9.78 Å². The molecule has 0 saturated carbocycles. The average Bonchev–Trinajstić information content (AvgIpc) is 2.46. The van der Waals surface area contributed by atoms with Crippen molar-refractivity contribution in [3.8, 4) is 11.5 Å². The standard InChI is InChI=1S/C14H14N2O3S/c17-13-4-6-16(14(20)15-13)5-3-10-1-2-11-12(9-10)19-8-7-18-11/h1-2,4,6,9H,3,5,7-8H2,(H,15,17,20).